The highest BCUT2D eigenvalue weighted by molar-refractivity contribution is 7.14. The molecular formula is C19H23N3O3S. The lowest BCUT2D eigenvalue weighted by Crippen LogP contribution is -2.16. The molecule has 1 aliphatic rings. The van der Waals surface area contributed by atoms with Gasteiger partial charge in [-0.2, -0.15) is 5.10 Å². The number of carbonyl (C=O) groups excluding carboxylic acids is 1. The summed E-state index contributed by atoms with van der Waals surface area (Å²) in [4.78, 5) is 18.3. The Morgan fingerprint density at radius 1 is 1.54 bits per heavy atom. The fraction of sp³-hybridized carbons (Fsp3) is 0.421. The first kappa shape index (κ1) is 18.5. The molecule has 2 aromatic rings. The number of aliphatic hydroxyl groups is 1. The van der Waals surface area contributed by atoms with E-state index < -0.39 is 0 Å². The first-order valence-electron chi connectivity index (χ1n) is 8.76. The lowest BCUT2D eigenvalue weighted by atomic mass is 9.87. The van der Waals surface area contributed by atoms with Crippen LogP contribution in [0.5, 0.6) is 5.75 Å². The van der Waals surface area contributed by atoms with E-state index in [0.29, 0.717) is 27.6 Å². The third kappa shape index (κ3) is 3.78. The lowest BCUT2D eigenvalue weighted by Gasteiger charge is -2.19. The summed E-state index contributed by atoms with van der Waals surface area (Å²) in [6.45, 7) is 3.60. The standard InChI is InChI=1S/C19H23N3O3S/c1-3-12-4-5-16-13(6-12)7-17(26-16)19(25)22-21-9-15-14(10-23)8-20-11(2)18(15)24/h7-9,12,23-24H,3-6,10H2,1-2H3,(H,22,25)/b21-9+/t12-/m0/s1. The quantitative estimate of drug-likeness (QED) is 0.555. The third-order valence-corrected chi connectivity index (χ3v) is 6.11. The number of hydrazone groups is 1. The van der Waals surface area contributed by atoms with Crippen LogP contribution in [-0.4, -0.2) is 27.3 Å². The summed E-state index contributed by atoms with van der Waals surface area (Å²) in [6, 6.07) is 1.97. The Balaban J connectivity index is 1.71. The summed E-state index contributed by atoms with van der Waals surface area (Å²) >= 11 is 1.53. The maximum absolute atomic E-state index is 12.4. The summed E-state index contributed by atoms with van der Waals surface area (Å²) in [5.74, 6) is 0.400. The van der Waals surface area contributed by atoms with Gasteiger partial charge in [-0.15, -0.1) is 11.3 Å². The first-order valence-corrected chi connectivity index (χ1v) is 9.58. The number of rotatable bonds is 5. The van der Waals surface area contributed by atoms with Gasteiger partial charge in [-0.3, -0.25) is 9.78 Å². The van der Waals surface area contributed by atoms with Crippen molar-refractivity contribution in [1.82, 2.24) is 10.4 Å². The zero-order chi connectivity index (χ0) is 18.7. The van der Waals surface area contributed by atoms with Crippen LogP contribution in [0.3, 0.4) is 0 Å². The van der Waals surface area contributed by atoms with E-state index in [0.717, 1.165) is 12.8 Å². The van der Waals surface area contributed by atoms with Crippen molar-refractivity contribution in [3.63, 3.8) is 0 Å². The molecule has 26 heavy (non-hydrogen) atoms. The number of hydrogen-bond donors (Lipinski definition) is 3. The Kier molecular flexibility index (Phi) is 5.68. The van der Waals surface area contributed by atoms with Crippen molar-refractivity contribution >= 4 is 23.5 Å². The molecule has 0 unspecified atom stereocenters. The molecule has 2 aromatic heterocycles. The maximum atomic E-state index is 12.4. The second-order valence-electron chi connectivity index (χ2n) is 6.56. The number of amides is 1. The van der Waals surface area contributed by atoms with Gasteiger partial charge in [-0.05, 0) is 43.7 Å². The first-order chi connectivity index (χ1) is 12.5. The topological polar surface area (TPSA) is 94.8 Å². The number of hydrogen-bond acceptors (Lipinski definition) is 6. The predicted octanol–water partition coefficient (Wildman–Crippen LogP) is 2.93. The van der Waals surface area contributed by atoms with Crippen LogP contribution in [-0.2, 0) is 19.4 Å². The van der Waals surface area contributed by atoms with E-state index in [1.807, 2.05) is 6.07 Å². The highest BCUT2D eigenvalue weighted by Crippen LogP contribution is 2.33. The van der Waals surface area contributed by atoms with Crippen molar-refractivity contribution in [3.8, 4) is 5.75 Å². The van der Waals surface area contributed by atoms with Crippen LogP contribution in [0.4, 0.5) is 0 Å². The highest BCUT2D eigenvalue weighted by Gasteiger charge is 2.22. The van der Waals surface area contributed by atoms with Gasteiger partial charge in [0.2, 0.25) is 0 Å². The minimum Gasteiger partial charge on any atom is -0.505 e. The van der Waals surface area contributed by atoms with Gasteiger partial charge in [0, 0.05) is 22.2 Å². The van der Waals surface area contributed by atoms with Crippen molar-refractivity contribution < 1.29 is 15.0 Å². The van der Waals surface area contributed by atoms with Crippen molar-refractivity contribution in [3.05, 3.63) is 44.4 Å². The van der Waals surface area contributed by atoms with Gasteiger partial charge in [0.15, 0.2) is 0 Å². The number of pyridine rings is 1. The maximum Gasteiger partial charge on any atom is 0.281 e. The van der Waals surface area contributed by atoms with Gasteiger partial charge in [0.05, 0.1) is 23.4 Å². The Morgan fingerprint density at radius 2 is 2.35 bits per heavy atom. The Bertz CT molecular complexity index is 845. The monoisotopic (exact) mass is 373 g/mol. The Labute approximate surface area is 156 Å². The number of carbonyl (C=O) groups is 1. The molecule has 1 atom stereocenters. The van der Waals surface area contributed by atoms with E-state index in [1.54, 1.807) is 6.92 Å². The number of aliphatic hydroxyl groups excluding tert-OH is 1. The number of aryl methyl sites for hydroxylation is 2. The van der Waals surface area contributed by atoms with Gasteiger partial charge >= 0.3 is 0 Å². The number of aromatic hydroxyl groups is 1. The van der Waals surface area contributed by atoms with Gasteiger partial charge in [-0.25, -0.2) is 5.43 Å². The summed E-state index contributed by atoms with van der Waals surface area (Å²) in [5.41, 5.74) is 5.03. The van der Waals surface area contributed by atoms with Crippen molar-refractivity contribution in [2.75, 3.05) is 0 Å². The Hall–Kier alpha value is -2.25. The van der Waals surface area contributed by atoms with E-state index in [1.165, 1.54) is 47.0 Å². The SMILES string of the molecule is CC[C@H]1CCc2sc(C(=O)N/N=C/c3c(CO)cnc(C)c3O)cc2C1. The van der Waals surface area contributed by atoms with Crippen LogP contribution in [0.25, 0.3) is 0 Å². The van der Waals surface area contributed by atoms with Gasteiger partial charge in [-0.1, -0.05) is 13.3 Å². The molecule has 0 saturated heterocycles. The molecule has 3 N–H and O–H groups in total. The fourth-order valence-corrected chi connectivity index (χ4v) is 4.29. The zero-order valence-electron chi connectivity index (χ0n) is 15.0. The molecule has 138 valence electrons. The summed E-state index contributed by atoms with van der Waals surface area (Å²) in [6.07, 6.45) is 7.27. The van der Waals surface area contributed by atoms with Crippen molar-refractivity contribution in [2.24, 2.45) is 11.0 Å². The average Bonchev–Trinajstić information content (AvgIpc) is 3.08. The Morgan fingerprint density at radius 3 is 3.08 bits per heavy atom. The van der Waals surface area contributed by atoms with E-state index in [4.69, 9.17) is 0 Å². The van der Waals surface area contributed by atoms with Crippen LogP contribution in [0.15, 0.2) is 17.4 Å². The molecule has 7 heteroatoms. The van der Waals surface area contributed by atoms with Crippen LogP contribution >= 0.6 is 11.3 Å². The van der Waals surface area contributed by atoms with Crippen LogP contribution < -0.4 is 5.43 Å². The minimum absolute atomic E-state index is 0.0493. The van der Waals surface area contributed by atoms with Gasteiger partial charge in [0.1, 0.15) is 5.75 Å². The molecule has 1 amide bonds. The van der Waals surface area contributed by atoms with Crippen molar-refractivity contribution in [1.29, 1.82) is 0 Å². The molecule has 0 fully saturated rings. The molecule has 1 aliphatic carbocycles. The molecule has 0 bridgehead atoms. The minimum atomic E-state index is -0.271. The molecule has 0 aliphatic heterocycles. The summed E-state index contributed by atoms with van der Waals surface area (Å²) in [5, 5.41) is 23.4. The molecule has 0 spiro atoms. The fourth-order valence-electron chi connectivity index (χ4n) is 3.19. The second-order valence-corrected chi connectivity index (χ2v) is 7.70. The number of fused-ring (bicyclic) bond motifs is 1. The zero-order valence-corrected chi connectivity index (χ0v) is 15.8. The van der Waals surface area contributed by atoms with E-state index in [9.17, 15) is 15.0 Å². The molecule has 3 rings (SSSR count). The lowest BCUT2D eigenvalue weighted by molar-refractivity contribution is 0.0959. The number of nitrogens with one attached hydrogen (secondary N) is 1. The van der Waals surface area contributed by atoms with Gasteiger partial charge < -0.3 is 10.2 Å². The smallest absolute Gasteiger partial charge is 0.281 e. The number of aromatic nitrogens is 1. The van der Waals surface area contributed by atoms with Gasteiger partial charge in [0.25, 0.3) is 5.91 Å². The third-order valence-electron chi connectivity index (χ3n) is 4.87. The van der Waals surface area contributed by atoms with Crippen LogP contribution in [0, 0.1) is 12.8 Å². The highest BCUT2D eigenvalue weighted by atomic mass is 32.1. The normalized spacial score (nSPS) is 16.7. The number of nitrogens with zero attached hydrogens (tertiary/aromatic N) is 2. The van der Waals surface area contributed by atoms with Crippen LogP contribution in [0.2, 0.25) is 0 Å². The molecule has 0 radical (unpaired) electrons. The summed E-state index contributed by atoms with van der Waals surface area (Å²) < 4.78 is 0. The molecule has 0 aromatic carbocycles. The molecule has 6 nitrogen and oxygen atoms in total. The second kappa shape index (κ2) is 7.97. The van der Waals surface area contributed by atoms with Crippen LogP contribution in [0.1, 0.15) is 56.7 Å². The van der Waals surface area contributed by atoms with Crippen molar-refractivity contribution in [2.45, 2.75) is 46.1 Å². The molecular weight excluding hydrogens is 350 g/mol. The summed E-state index contributed by atoms with van der Waals surface area (Å²) in [7, 11) is 0. The van der Waals surface area contributed by atoms with E-state index in [2.05, 4.69) is 22.4 Å². The predicted molar refractivity (Wildman–Crippen MR) is 102 cm³/mol. The average molecular weight is 373 g/mol. The van der Waals surface area contributed by atoms with E-state index >= 15 is 0 Å². The molecule has 2 heterocycles. The molecule has 0 saturated carbocycles. The largest absolute Gasteiger partial charge is 0.505 e. The van der Waals surface area contributed by atoms with E-state index in [-0.39, 0.29) is 18.3 Å². The number of thiophene rings is 1.